The van der Waals surface area contributed by atoms with Gasteiger partial charge in [-0.2, -0.15) is 0 Å². The van der Waals surface area contributed by atoms with E-state index in [0.717, 1.165) is 34.5 Å². The van der Waals surface area contributed by atoms with E-state index in [9.17, 15) is 9.18 Å². The summed E-state index contributed by atoms with van der Waals surface area (Å²) in [4.78, 5) is 17.5. The molecule has 0 bridgehead atoms. The Kier molecular flexibility index (Phi) is 4.88. The summed E-state index contributed by atoms with van der Waals surface area (Å²) < 4.78 is 23.7. The van der Waals surface area contributed by atoms with Crippen LogP contribution in [0.15, 0.2) is 71.7 Å². The summed E-state index contributed by atoms with van der Waals surface area (Å²) in [7, 11) is 1.96. The highest BCUT2D eigenvalue weighted by Gasteiger charge is 2.51. The molecule has 1 fully saturated rings. The SMILES string of the molecule is Cn1c(C2CC2C(C)(C)F)nc2ccc(-n3ccc(OCc4ccccc4)cc3=O)cc21. The van der Waals surface area contributed by atoms with Gasteiger partial charge in [0.25, 0.3) is 5.56 Å². The van der Waals surface area contributed by atoms with E-state index < -0.39 is 5.67 Å². The van der Waals surface area contributed by atoms with Crippen molar-refractivity contribution in [2.45, 2.75) is 38.5 Å². The number of hydrogen-bond donors (Lipinski definition) is 0. The van der Waals surface area contributed by atoms with Crippen LogP contribution < -0.4 is 10.3 Å². The normalized spacial score (nSPS) is 18.1. The maximum absolute atomic E-state index is 14.3. The van der Waals surface area contributed by atoms with E-state index >= 15 is 0 Å². The van der Waals surface area contributed by atoms with Gasteiger partial charge >= 0.3 is 0 Å². The summed E-state index contributed by atoms with van der Waals surface area (Å²) in [5, 5.41) is 0. The highest BCUT2D eigenvalue weighted by atomic mass is 19.1. The van der Waals surface area contributed by atoms with Crippen LogP contribution in [0, 0.1) is 5.92 Å². The van der Waals surface area contributed by atoms with Gasteiger partial charge < -0.3 is 9.30 Å². The molecule has 5 nitrogen and oxygen atoms in total. The lowest BCUT2D eigenvalue weighted by molar-refractivity contribution is 0.179. The van der Waals surface area contributed by atoms with E-state index in [-0.39, 0.29) is 17.4 Å². The minimum atomic E-state index is -1.20. The molecule has 6 heteroatoms. The van der Waals surface area contributed by atoms with Gasteiger partial charge in [0.15, 0.2) is 0 Å². The van der Waals surface area contributed by atoms with Crippen LogP contribution in [-0.4, -0.2) is 19.8 Å². The summed E-state index contributed by atoms with van der Waals surface area (Å²) in [6.45, 7) is 3.68. The first-order valence-corrected chi connectivity index (χ1v) is 10.9. The monoisotopic (exact) mass is 431 g/mol. The van der Waals surface area contributed by atoms with Crippen molar-refractivity contribution in [3.63, 3.8) is 0 Å². The molecule has 1 aliphatic carbocycles. The fourth-order valence-corrected chi connectivity index (χ4v) is 4.42. The number of pyridine rings is 1. The Morgan fingerprint density at radius 3 is 2.59 bits per heavy atom. The molecule has 2 unspecified atom stereocenters. The van der Waals surface area contributed by atoms with E-state index in [1.807, 2.05) is 60.1 Å². The topological polar surface area (TPSA) is 49.0 Å². The summed E-state index contributed by atoms with van der Waals surface area (Å²) >= 11 is 0. The molecule has 2 aromatic heterocycles. The minimum absolute atomic E-state index is 0.00327. The van der Waals surface area contributed by atoms with E-state index in [0.29, 0.717) is 12.4 Å². The van der Waals surface area contributed by atoms with Crippen molar-refractivity contribution >= 4 is 11.0 Å². The second-order valence-electron chi connectivity index (χ2n) is 9.06. The Labute approximate surface area is 186 Å². The average Bonchev–Trinajstić information content (AvgIpc) is 3.52. The zero-order valence-electron chi connectivity index (χ0n) is 18.5. The molecule has 2 heterocycles. The van der Waals surface area contributed by atoms with Gasteiger partial charge in [-0.15, -0.1) is 0 Å². The van der Waals surface area contributed by atoms with Crippen LogP contribution in [-0.2, 0) is 13.7 Å². The maximum Gasteiger partial charge on any atom is 0.258 e. The quantitative estimate of drug-likeness (QED) is 0.424. The molecule has 0 saturated heterocycles. The number of ether oxygens (including phenoxy) is 1. The molecule has 32 heavy (non-hydrogen) atoms. The Balaban J connectivity index is 1.40. The largest absolute Gasteiger partial charge is 0.489 e. The highest BCUT2D eigenvalue weighted by molar-refractivity contribution is 5.78. The van der Waals surface area contributed by atoms with Crippen LogP contribution >= 0.6 is 0 Å². The third-order valence-corrected chi connectivity index (χ3v) is 6.32. The van der Waals surface area contributed by atoms with Crippen molar-refractivity contribution < 1.29 is 9.13 Å². The standard InChI is InChI=1S/C26H26FN3O2/c1-26(2,27)21-15-20(21)25-28-22-10-9-18(13-23(22)29(25)3)30-12-11-19(14-24(30)31)32-16-17-7-5-4-6-8-17/h4-14,20-21H,15-16H2,1-3H3. The molecule has 0 N–H and O–H groups in total. The smallest absolute Gasteiger partial charge is 0.258 e. The van der Waals surface area contributed by atoms with Crippen molar-refractivity contribution in [3.05, 3.63) is 88.6 Å². The third kappa shape index (κ3) is 3.81. The van der Waals surface area contributed by atoms with Gasteiger partial charge in [0, 0.05) is 31.1 Å². The van der Waals surface area contributed by atoms with Crippen LogP contribution in [0.3, 0.4) is 0 Å². The second-order valence-corrected chi connectivity index (χ2v) is 9.06. The van der Waals surface area contributed by atoms with Crippen molar-refractivity contribution in [2.75, 3.05) is 0 Å². The number of nitrogens with zero attached hydrogens (tertiary/aromatic N) is 3. The number of aryl methyl sites for hydroxylation is 1. The molecule has 0 spiro atoms. The first kappa shape index (κ1) is 20.5. The fourth-order valence-electron chi connectivity index (χ4n) is 4.42. The number of imidazole rings is 1. The molecule has 164 valence electrons. The number of alkyl halides is 1. The lowest BCUT2D eigenvalue weighted by atomic mass is 10.0. The summed E-state index contributed by atoms with van der Waals surface area (Å²) in [5.74, 6) is 1.58. The van der Waals surface area contributed by atoms with Crippen LogP contribution in [0.2, 0.25) is 0 Å². The fraction of sp³-hybridized carbons (Fsp3) is 0.308. The predicted octanol–water partition coefficient (Wildman–Crippen LogP) is 5.15. The lowest BCUT2D eigenvalue weighted by Crippen LogP contribution is -2.17. The molecular formula is C26H26FN3O2. The zero-order valence-corrected chi connectivity index (χ0v) is 18.5. The van der Waals surface area contributed by atoms with Gasteiger partial charge in [0.1, 0.15) is 23.8 Å². The van der Waals surface area contributed by atoms with Crippen LogP contribution in [0.1, 0.15) is 37.6 Å². The van der Waals surface area contributed by atoms with Crippen molar-refractivity contribution in [3.8, 4) is 11.4 Å². The Bertz CT molecular complexity index is 1330. The maximum atomic E-state index is 14.3. The lowest BCUT2D eigenvalue weighted by Gasteiger charge is -2.13. The van der Waals surface area contributed by atoms with Gasteiger partial charge in [-0.1, -0.05) is 30.3 Å². The molecule has 2 aromatic carbocycles. The molecule has 4 aromatic rings. The minimum Gasteiger partial charge on any atom is -0.489 e. The first-order valence-electron chi connectivity index (χ1n) is 10.9. The molecule has 0 amide bonds. The van der Waals surface area contributed by atoms with Crippen molar-refractivity contribution in [1.82, 2.24) is 14.1 Å². The average molecular weight is 432 g/mol. The first-order chi connectivity index (χ1) is 15.3. The van der Waals surface area contributed by atoms with Gasteiger partial charge in [-0.3, -0.25) is 9.36 Å². The molecule has 0 radical (unpaired) electrons. The second kappa shape index (κ2) is 7.62. The Morgan fingerprint density at radius 1 is 1.12 bits per heavy atom. The third-order valence-electron chi connectivity index (χ3n) is 6.32. The van der Waals surface area contributed by atoms with E-state index in [2.05, 4.69) is 0 Å². The van der Waals surface area contributed by atoms with Gasteiger partial charge in [-0.05, 0) is 50.1 Å². The molecule has 0 aliphatic heterocycles. The molecule has 5 rings (SSSR count). The molecule has 1 saturated carbocycles. The van der Waals surface area contributed by atoms with Gasteiger partial charge in [0.2, 0.25) is 0 Å². The molecule has 1 aliphatic rings. The number of rotatable bonds is 6. The predicted molar refractivity (Wildman–Crippen MR) is 123 cm³/mol. The summed E-state index contributed by atoms with van der Waals surface area (Å²) in [5.41, 5.74) is 2.21. The zero-order chi connectivity index (χ0) is 22.5. The van der Waals surface area contributed by atoms with E-state index in [1.54, 1.807) is 30.7 Å². The van der Waals surface area contributed by atoms with E-state index in [4.69, 9.17) is 9.72 Å². The van der Waals surface area contributed by atoms with Crippen LogP contribution in [0.25, 0.3) is 16.7 Å². The van der Waals surface area contributed by atoms with Gasteiger partial charge in [0.05, 0.1) is 16.7 Å². The highest BCUT2D eigenvalue weighted by Crippen LogP contribution is 2.54. The van der Waals surface area contributed by atoms with Crippen LogP contribution in [0.5, 0.6) is 5.75 Å². The van der Waals surface area contributed by atoms with Gasteiger partial charge in [-0.25, -0.2) is 9.37 Å². The van der Waals surface area contributed by atoms with Crippen LogP contribution in [0.4, 0.5) is 4.39 Å². The summed E-state index contributed by atoms with van der Waals surface area (Å²) in [6, 6.07) is 18.9. The number of fused-ring (bicyclic) bond motifs is 1. The number of aromatic nitrogens is 3. The number of halogens is 1. The Morgan fingerprint density at radius 2 is 1.91 bits per heavy atom. The molecule has 2 atom stereocenters. The number of benzene rings is 2. The van der Waals surface area contributed by atoms with E-state index in [1.165, 1.54) is 6.07 Å². The Hall–Kier alpha value is -3.41. The van der Waals surface area contributed by atoms with Crippen molar-refractivity contribution in [2.24, 2.45) is 13.0 Å². The summed E-state index contributed by atoms with van der Waals surface area (Å²) in [6.07, 6.45) is 2.54. The number of hydrogen-bond acceptors (Lipinski definition) is 3. The molecular weight excluding hydrogens is 405 g/mol. The van der Waals surface area contributed by atoms with Crippen molar-refractivity contribution in [1.29, 1.82) is 0 Å².